The lowest BCUT2D eigenvalue weighted by molar-refractivity contribution is -0.169. The highest BCUT2D eigenvalue weighted by molar-refractivity contribution is 5.88. The molecule has 124 valence electrons. The average Bonchev–Trinajstić information content (AvgIpc) is 2.47. The Balaban J connectivity index is 4.00. The molecular weight excluding hydrogens is 268 g/mol. The Morgan fingerprint density at radius 2 is 1.48 bits per heavy atom. The maximum atomic E-state index is 11.9. The second-order valence-electron chi connectivity index (χ2n) is 5.71. The van der Waals surface area contributed by atoms with E-state index in [0.29, 0.717) is 12.8 Å². The molecule has 2 atom stereocenters. The topological polar surface area (TPSA) is 63.6 Å². The molecule has 1 N–H and O–H groups in total. The minimum atomic E-state index is -1.17. The Bertz CT molecular complexity index is 289. The van der Waals surface area contributed by atoms with Gasteiger partial charge in [0.2, 0.25) is 0 Å². The van der Waals surface area contributed by atoms with Crippen molar-refractivity contribution in [2.24, 2.45) is 5.92 Å². The summed E-state index contributed by atoms with van der Waals surface area (Å²) in [6, 6.07) is 0. The van der Waals surface area contributed by atoms with E-state index in [1.165, 1.54) is 6.42 Å². The van der Waals surface area contributed by atoms with Crippen LogP contribution in [0.25, 0.3) is 0 Å². The number of carbonyl (C=O) groups excluding carboxylic acids is 2. The van der Waals surface area contributed by atoms with Crippen molar-refractivity contribution in [2.45, 2.75) is 91.1 Å². The number of hydrogen-bond donors (Lipinski definition) is 1. The van der Waals surface area contributed by atoms with Crippen LogP contribution in [0.2, 0.25) is 0 Å². The van der Waals surface area contributed by atoms with Crippen LogP contribution in [-0.2, 0) is 14.3 Å². The van der Waals surface area contributed by atoms with Crippen molar-refractivity contribution < 1.29 is 19.4 Å². The standard InChI is InChI=1S/C17H32O4/c1-4-7-9-10-11-13-15(18)17(20)21-16(19)14(6-3)12-8-5-2/h14-15,18H,4-13H2,1-3H3. The lowest BCUT2D eigenvalue weighted by Crippen LogP contribution is -2.29. The maximum absolute atomic E-state index is 11.9. The van der Waals surface area contributed by atoms with Crippen molar-refractivity contribution in [3.05, 3.63) is 0 Å². The summed E-state index contributed by atoms with van der Waals surface area (Å²) in [6.45, 7) is 6.11. The molecule has 0 aromatic carbocycles. The number of esters is 2. The molecule has 0 spiro atoms. The first-order chi connectivity index (χ1) is 10.1. The van der Waals surface area contributed by atoms with Crippen molar-refractivity contribution in [2.75, 3.05) is 0 Å². The third-order valence-corrected chi connectivity index (χ3v) is 3.79. The third-order valence-electron chi connectivity index (χ3n) is 3.79. The van der Waals surface area contributed by atoms with E-state index in [1.54, 1.807) is 0 Å². The molecule has 0 amide bonds. The van der Waals surface area contributed by atoms with E-state index < -0.39 is 18.0 Å². The zero-order chi connectivity index (χ0) is 16.1. The predicted molar refractivity (Wildman–Crippen MR) is 83.8 cm³/mol. The molecule has 0 rings (SSSR count). The molecule has 2 unspecified atom stereocenters. The van der Waals surface area contributed by atoms with Gasteiger partial charge in [-0.15, -0.1) is 0 Å². The highest BCUT2D eigenvalue weighted by Crippen LogP contribution is 2.15. The molecule has 0 aromatic rings. The van der Waals surface area contributed by atoms with Crippen LogP contribution in [0.3, 0.4) is 0 Å². The van der Waals surface area contributed by atoms with Crippen LogP contribution in [-0.4, -0.2) is 23.1 Å². The van der Waals surface area contributed by atoms with Crippen molar-refractivity contribution >= 4 is 11.9 Å². The van der Waals surface area contributed by atoms with Gasteiger partial charge in [-0.2, -0.15) is 0 Å². The molecule has 21 heavy (non-hydrogen) atoms. The average molecular weight is 300 g/mol. The number of aliphatic hydroxyl groups excluding tert-OH is 1. The maximum Gasteiger partial charge on any atom is 0.342 e. The van der Waals surface area contributed by atoms with Crippen LogP contribution in [0.5, 0.6) is 0 Å². The van der Waals surface area contributed by atoms with Crippen LogP contribution >= 0.6 is 0 Å². The highest BCUT2D eigenvalue weighted by Gasteiger charge is 2.24. The number of unbranched alkanes of at least 4 members (excludes halogenated alkanes) is 5. The molecular formula is C17H32O4. The molecule has 0 aromatic heterocycles. The molecule has 0 aliphatic rings. The zero-order valence-corrected chi connectivity index (χ0v) is 13.9. The quantitative estimate of drug-likeness (QED) is 0.336. The Morgan fingerprint density at radius 1 is 0.857 bits per heavy atom. The fourth-order valence-electron chi connectivity index (χ4n) is 2.25. The predicted octanol–water partition coefficient (Wildman–Crippen LogP) is 3.99. The molecule has 0 aliphatic carbocycles. The fourth-order valence-corrected chi connectivity index (χ4v) is 2.25. The van der Waals surface area contributed by atoms with Gasteiger partial charge >= 0.3 is 11.9 Å². The summed E-state index contributed by atoms with van der Waals surface area (Å²) in [5, 5.41) is 9.73. The summed E-state index contributed by atoms with van der Waals surface area (Å²) >= 11 is 0. The van der Waals surface area contributed by atoms with Gasteiger partial charge in [-0.25, -0.2) is 4.79 Å². The Hall–Kier alpha value is -0.900. The van der Waals surface area contributed by atoms with E-state index in [9.17, 15) is 14.7 Å². The van der Waals surface area contributed by atoms with Crippen molar-refractivity contribution in [3.8, 4) is 0 Å². The van der Waals surface area contributed by atoms with Gasteiger partial charge in [0.25, 0.3) is 0 Å². The zero-order valence-electron chi connectivity index (χ0n) is 13.9. The van der Waals surface area contributed by atoms with Gasteiger partial charge in [-0.3, -0.25) is 4.79 Å². The molecule has 0 radical (unpaired) electrons. The molecule has 0 bridgehead atoms. The number of aliphatic hydroxyl groups is 1. The van der Waals surface area contributed by atoms with Crippen LogP contribution in [0.1, 0.15) is 85.0 Å². The van der Waals surface area contributed by atoms with Gasteiger partial charge in [0.1, 0.15) is 0 Å². The fraction of sp³-hybridized carbons (Fsp3) is 0.882. The molecule has 0 aliphatic heterocycles. The monoisotopic (exact) mass is 300 g/mol. The molecule has 0 fully saturated rings. The first kappa shape index (κ1) is 20.1. The largest absolute Gasteiger partial charge is 0.391 e. The second-order valence-corrected chi connectivity index (χ2v) is 5.71. The molecule has 0 saturated carbocycles. The number of ether oxygens (including phenoxy) is 1. The van der Waals surface area contributed by atoms with Gasteiger partial charge in [0, 0.05) is 0 Å². The number of carbonyl (C=O) groups is 2. The van der Waals surface area contributed by atoms with Gasteiger partial charge < -0.3 is 9.84 Å². The minimum Gasteiger partial charge on any atom is -0.391 e. The summed E-state index contributed by atoms with van der Waals surface area (Å²) in [7, 11) is 0. The normalized spacial score (nSPS) is 13.7. The van der Waals surface area contributed by atoms with E-state index in [4.69, 9.17) is 4.74 Å². The van der Waals surface area contributed by atoms with Crippen molar-refractivity contribution in [1.82, 2.24) is 0 Å². The Labute approximate surface area is 129 Å². The number of hydrogen-bond acceptors (Lipinski definition) is 4. The van der Waals surface area contributed by atoms with Crippen LogP contribution in [0.15, 0.2) is 0 Å². The van der Waals surface area contributed by atoms with Crippen LogP contribution in [0.4, 0.5) is 0 Å². The van der Waals surface area contributed by atoms with E-state index >= 15 is 0 Å². The van der Waals surface area contributed by atoms with Crippen LogP contribution in [0, 0.1) is 5.92 Å². The molecule has 0 saturated heterocycles. The van der Waals surface area contributed by atoms with Crippen LogP contribution < -0.4 is 0 Å². The van der Waals surface area contributed by atoms with E-state index in [0.717, 1.165) is 44.9 Å². The highest BCUT2D eigenvalue weighted by atomic mass is 16.6. The second kappa shape index (κ2) is 12.8. The number of rotatable bonds is 12. The summed E-state index contributed by atoms with van der Waals surface area (Å²) in [4.78, 5) is 23.5. The third kappa shape index (κ3) is 9.62. The summed E-state index contributed by atoms with van der Waals surface area (Å²) in [5.74, 6) is -1.50. The smallest absolute Gasteiger partial charge is 0.342 e. The van der Waals surface area contributed by atoms with E-state index in [2.05, 4.69) is 13.8 Å². The van der Waals surface area contributed by atoms with Gasteiger partial charge in [-0.05, 0) is 19.3 Å². The Kier molecular flexibility index (Phi) is 12.3. The van der Waals surface area contributed by atoms with Gasteiger partial charge in [-0.1, -0.05) is 65.7 Å². The van der Waals surface area contributed by atoms with Gasteiger partial charge in [0.15, 0.2) is 6.10 Å². The lowest BCUT2D eigenvalue weighted by Gasteiger charge is -2.14. The SMILES string of the molecule is CCCCCCCC(O)C(=O)OC(=O)C(CC)CCCC. The summed E-state index contributed by atoms with van der Waals surface area (Å²) in [5.41, 5.74) is 0. The van der Waals surface area contributed by atoms with E-state index in [1.807, 2.05) is 6.92 Å². The summed E-state index contributed by atoms with van der Waals surface area (Å²) in [6.07, 6.45) is 7.82. The van der Waals surface area contributed by atoms with E-state index in [-0.39, 0.29) is 5.92 Å². The Morgan fingerprint density at radius 3 is 2.05 bits per heavy atom. The first-order valence-corrected chi connectivity index (χ1v) is 8.50. The van der Waals surface area contributed by atoms with Crippen molar-refractivity contribution in [1.29, 1.82) is 0 Å². The lowest BCUT2D eigenvalue weighted by atomic mass is 10.00. The van der Waals surface area contributed by atoms with Crippen molar-refractivity contribution in [3.63, 3.8) is 0 Å². The summed E-state index contributed by atoms with van der Waals surface area (Å²) < 4.78 is 4.81. The molecule has 4 heteroatoms. The first-order valence-electron chi connectivity index (χ1n) is 8.50. The molecule has 4 nitrogen and oxygen atoms in total. The molecule has 0 heterocycles. The minimum absolute atomic E-state index is 0.231. The van der Waals surface area contributed by atoms with Gasteiger partial charge in [0.05, 0.1) is 5.92 Å².